The van der Waals surface area contributed by atoms with E-state index in [1.54, 1.807) is 12.4 Å². The molecule has 0 spiro atoms. The molecule has 5 nitrogen and oxygen atoms in total. The molecule has 20 heavy (non-hydrogen) atoms. The maximum absolute atomic E-state index is 12.5. The number of piperidine rings is 1. The summed E-state index contributed by atoms with van der Waals surface area (Å²) in [4.78, 5) is 22.9. The second-order valence-electron chi connectivity index (χ2n) is 5.16. The Morgan fingerprint density at radius 2 is 1.90 bits per heavy atom. The second-order valence-corrected chi connectivity index (χ2v) is 5.16. The van der Waals surface area contributed by atoms with E-state index in [-0.39, 0.29) is 5.91 Å². The van der Waals surface area contributed by atoms with Crippen molar-refractivity contribution in [2.24, 2.45) is 0 Å². The highest BCUT2D eigenvalue weighted by Gasteiger charge is 2.22. The van der Waals surface area contributed by atoms with Crippen LogP contribution < -0.4 is 5.32 Å². The third-order valence-electron chi connectivity index (χ3n) is 3.89. The van der Waals surface area contributed by atoms with Gasteiger partial charge in [-0.25, -0.2) is 0 Å². The molecule has 0 unspecified atom stereocenters. The maximum atomic E-state index is 12.5. The van der Waals surface area contributed by atoms with Crippen molar-refractivity contribution in [3.05, 3.63) is 36.2 Å². The third-order valence-corrected chi connectivity index (χ3v) is 3.89. The fourth-order valence-electron chi connectivity index (χ4n) is 2.66. The SMILES string of the molecule is CN(C(=O)c1ccc2nccnc2c1)C1CCNCC1. The molecule has 104 valence electrons. The summed E-state index contributed by atoms with van der Waals surface area (Å²) < 4.78 is 0. The first-order valence-electron chi connectivity index (χ1n) is 6.94. The Bertz CT molecular complexity index is 622. The van der Waals surface area contributed by atoms with Crippen molar-refractivity contribution in [1.29, 1.82) is 0 Å². The number of aromatic nitrogens is 2. The van der Waals surface area contributed by atoms with Gasteiger partial charge in [0.15, 0.2) is 0 Å². The van der Waals surface area contributed by atoms with Gasteiger partial charge in [0.25, 0.3) is 5.91 Å². The molecule has 1 aromatic heterocycles. The molecule has 1 aliphatic rings. The first-order valence-corrected chi connectivity index (χ1v) is 6.94. The highest BCUT2D eigenvalue weighted by atomic mass is 16.2. The molecule has 0 aliphatic carbocycles. The summed E-state index contributed by atoms with van der Waals surface area (Å²) in [5.74, 6) is 0.0597. The van der Waals surface area contributed by atoms with Crippen molar-refractivity contribution in [1.82, 2.24) is 20.2 Å². The first-order chi connectivity index (χ1) is 9.75. The Hall–Kier alpha value is -2.01. The van der Waals surface area contributed by atoms with Crippen LogP contribution >= 0.6 is 0 Å². The molecular weight excluding hydrogens is 252 g/mol. The van der Waals surface area contributed by atoms with Crippen LogP contribution in [0, 0.1) is 0 Å². The fourth-order valence-corrected chi connectivity index (χ4v) is 2.66. The Balaban J connectivity index is 1.83. The summed E-state index contributed by atoms with van der Waals surface area (Å²) in [7, 11) is 1.89. The zero-order valence-electron chi connectivity index (χ0n) is 11.5. The van der Waals surface area contributed by atoms with Gasteiger partial charge in [-0.15, -0.1) is 0 Å². The van der Waals surface area contributed by atoms with Gasteiger partial charge in [0.05, 0.1) is 11.0 Å². The van der Waals surface area contributed by atoms with E-state index in [9.17, 15) is 4.79 Å². The molecule has 1 amide bonds. The van der Waals surface area contributed by atoms with Gasteiger partial charge in [-0.2, -0.15) is 0 Å². The lowest BCUT2D eigenvalue weighted by atomic mass is 10.0. The van der Waals surface area contributed by atoms with Gasteiger partial charge >= 0.3 is 0 Å². The van der Waals surface area contributed by atoms with Gasteiger partial charge in [0, 0.05) is 31.0 Å². The van der Waals surface area contributed by atoms with Gasteiger partial charge in [-0.1, -0.05) is 0 Å². The number of carbonyl (C=O) groups is 1. The van der Waals surface area contributed by atoms with Crippen molar-refractivity contribution < 1.29 is 4.79 Å². The van der Waals surface area contributed by atoms with Crippen LogP contribution in [0.1, 0.15) is 23.2 Å². The van der Waals surface area contributed by atoms with Crippen LogP contribution in [0.5, 0.6) is 0 Å². The molecular formula is C15H18N4O. The largest absolute Gasteiger partial charge is 0.339 e. The molecule has 2 aromatic rings. The fraction of sp³-hybridized carbons (Fsp3) is 0.400. The molecule has 1 aliphatic heterocycles. The second kappa shape index (κ2) is 5.54. The molecule has 1 aromatic carbocycles. The van der Waals surface area contributed by atoms with E-state index >= 15 is 0 Å². The number of nitrogens with zero attached hydrogens (tertiary/aromatic N) is 3. The lowest BCUT2D eigenvalue weighted by molar-refractivity contribution is 0.0703. The number of nitrogens with one attached hydrogen (secondary N) is 1. The molecule has 3 rings (SSSR count). The van der Waals surface area contributed by atoms with Gasteiger partial charge in [0.2, 0.25) is 0 Å². The standard InChI is InChI=1S/C15H18N4O/c1-19(12-4-6-16-7-5-12)15(20)11-2-3-13-14(10-11)18-9-8-17-13/h2-3,8-10,12,16H,4-7H2,1H3. The molecule has 0 bridgehead atoms. The van der Waals surface area contributed by atoms with E-state index in [0.717, 1.165) is 37.0 Å². The summed E-state index contributed by atoms with van der Waals surface area (Å²) in [5.41, 5.74) is 2.25. The highest BCUT2D eigenvalue weighted by molar-refractivity contribution is 5.97. The molecule has 0 atom stereocenters. The van der Waals surface area contributed by atoms with E-state index in [2.05, 4.69) is 15.3 Å². The molecule has 1 saturated heterocycles. The Morgan fingerprint density at radius 1 is 1.20 bits per heavy atom. The number of hydrogen-bond acceptors (Lipinski definition) is 4. The van der Waals surface area contributed by atoms with Crippen LogP contribution in [0.3, 0.4) is 0 Å². The van der Waals surface area contributed by atoms with Crippen molar-refractivity contribution in [2.75, 3.05) is 20.1 Å². The topological polar surface area (TPSA) is 58.1 Å². The smallest absolute Gasteiger partial charge is 0.253 e. The van der Waals surface area contributed by atoms with Crippen LogP contribution in [0.4, 0.5) is 0 Å². The number of hydrogen-bond donors (Lipinski definition) is 1. The summed E-state index contributed by atoms with van der Waals surface area (Å²) in [6.45, 7) is 1.96. The maximum Gasteiger partial charge on any atom is 0.253 e. The monoisotopic (exact) mass is 270 g/mol. The number of benzene rings is 1. The van der Waals surface area contributed by atoms with Gasteiger partial charge in [-0.3, -0.25) is 14.8 Å². The quantitative estimate of drug-likeness (QED) is 0.897. The van der Waals surface area contributed by atoms with Crippen LogP contribution in [-0.4, -0.2) is 47.0 Å². The van der Waals surface area contributed by atoms with Crippen molar-refractivity contribution >= 4 is 16.9 Å². The van der Waals surface area contributed by atoms with Crippen LogP contribution in [0.15, 0.2) is 30.6 Å². The number of rotatable bonds is 2. The number of carbonyl (C=O) groups excluding carboxylic acids is 1. The van der Waals surface area contributed by atoms with E-state index in [1.165, 1.54) is 0 Å². The minimum atomic E-state index is 0.0597. The lowest BCUT2D eigenvalue weighted by Gasteiger charge is -2.31. The molecule has 0 saturated carbocycles. The zero-order chi connectivity index (χ0) is 13.9. The van der Waals surface area contributed by atoms with Crippen LogP contribution in [0.25, 0.3) is 11.0 Å². The van der Waals surface area contributed by atoms with Crippen LogP contribution in [0.2, 0.25) is 0 Å². The van der Waals surface area contributed by atoms with Gasteiger partial charge in [-0.05, 0) is 44.1 Å². The Labute approximate surface area is 118 Å². The van der Waals surface area contributed by atoms with E-state index < -0.39 is 0 Å². The molecule has 1 fully saturated rings. The summed E-state index contributed by atoms with van der Waals surface area (Å²) in [6.07, 6.45) is 5.32. The molecule has 5 heteroatoms. The Kier molecular flexibility index (Phi) is 3.60. The average molecular weight is 270 g/mol. The predicted octanol–water partition coefficient (Wildman–Crippen LogP) is 1.45. The van der Waals surface area contributed by atoms with Gasteiger partial charge < -0.3 is 10.2 Å². The third kappa shape index (κ3) is 2.49. The van der Waals surface area contributed by atoms with Crippen molar-refractivity contribution in [3.63, 3.8) is 0 Å². The number of amides is 1. The van der Waals surface area contributed by atoms with Crippen molar-refractivity contribution in [3.8, 4) is 0 Å². The van der Waals surface area contributed by atoms with Gasteiger partial charge in [0.1, 0.15) is 0 Å². The lowest BCUT2D eigenvalue weighted by Crippen LogP contribution is -2.43. The minimum Gasteiger partial charge on any atom is -0.339 e. The molecule has 2 heterocycles. The summed E-state index contributed by atoms with van der Waals surface area (Å²) in [5, 5.41) is 3.32. The number of fused-ring (bicyclic) bond motifs is 1. The first kappa shape index (κ1) is 13.0. The van der Waals surface area contributed by atoms with E-state index in [0.29, 0.717) is 11.6 Å². The molecule has 1 N–H and O–H groups in total. The minimum absolute atomic E-state index is 0.0597. The normalized spacial score (nSPS) is 16.2. The van der Waals surface area contributed by atoms with E-state index in [1.807, 2.05) is 30.1 Å². The highest BCUT2D eigenvalue weighted by Crippen LogP contribution is 2.16. The zero-order valence-corrected chi connectivity index (χ0v) is 11.5. The van der Waals surface area contributed by atoms with Crippen molar-refractivity contribution in [2.45, 2.75) is 18.9 Å². The predicted molar refractivity (Wildman–Crippen MR) is 77.5 cm³/mol. The average Bonchev–Trinajstić information content (AvgIpc) is 2.54. The van der Waals surface area contributed by atoms with E-state index in [4.69, 9.17) is 0 Å². The summed E-state index contributed by atoms with van der Waals surface area (Å²) >= 11 is 0. The Morgan fingerprint density at radius 3 is 2.65 bits per heavy atom. The molecule has 0 radical (unpaired) electrons. The van der Waals surface area contributed by atoms with Crippen LogP contribution in [-0.2, 0) is 0 Å². The summed E-state index contributed by atoms with van der Waals surface area (Å²) in [6, 6.07) is 5.83.